The van der Waals surface area contributed by atoms with Crippen LogP contribution >= 0.6 is 15.6 Å². The van der Waals surface area contributed by atoms with E-state index in [0.29, 0.717) is 25.7 Å². The van der Waals surface area contributed by atoms with Crippen molar-refractivity contribution in [2.45, 2.75) is 368 Å². The van der Waals surface area contributed by atoms with Gasteiger partial charge in [-0.05, 0) is 37.5 Å². The standard InChI is InChI=1S/C69H134O17P2/c1-7-9-11-13-15-33-39-45-51-66(71)79-57-64(85-68(73)53-47-41-34-16-14-12-10-8-2)59-83-87(75,76)81-55-63(70)56-82-88(77,78)84-60-65(58-80-67(72)52-46-40-35-29-26-22-24-28-32-38-44-50-62(5)6)86-69(74)54-48-42-36-30-25-21-19-17-18-20-23-27-31-37-43-49-61(3)4/h61-65,70H,7-60H2,1-6H3,(H,75,76)(H,77,78)/t63-,64+,65+/m0/s1. The van der Waals surface area contributed by atoms with E-state index < -0.39 is 97.5 Å². The summed E-state index contributed by atoms with van der Waals surface area (Å²) in [7, 11) is -9.89. The van der Waals surface area contributed by atoms with E-state index in [0.717, 1.165) is 115 Å². The molecule has 2 unspecified atom stereocenters. The maximum atomic E-state index is 13.0. The molecule has 0 saturated heterocycles. The Hall–Kier alpha value is -1.94. The highest BCUT2D eigenvalue weighted by Gasteiger charge is 2.30. The lowest BCUT2D eigenvalue weighted by Gasteiger charge is -2.21. The Labute approximate surface area is 537 Å². The molecule has 0 aliphatic heterocycles. The molecule has 19 heteroatoms. The van der Waals surface area contributed by atoms with Crippen LogP contribution in [0.15, 0.2) is 0 Å². The fourth-order valence-electron chi connectivity index (χ4n) is 10.4. The summed E-state index contributed by atoms with van der Waals surface area (Å²) in [4.78, 5) is 72.3. The molecular formula is C69H134O17P2. The minimum atomic E-state index is -4.95. The summed E-state index contributed by atoms with van der Waals surface area (Å²) in [5.74, 6) is -0.557. The van der Waals surface area contributed by atoms with Gasteiger partial charge in [0.25, 0.3) is 0 Å². The van der Waals surface area contributed by atoms with Gasteiger partial charge in [-0.15, -0.1) is 0 Å². The van der Waals surface area contributed by atoms with Crippen LogP contribution in [0.1, 0.15) is 350 Å². The van der Waals surface area contributed by atoms with Gasteiger partial charge in [0, 0.05) is 25.7 Å². The quantitative estimate of drug-likeness (QED) is 0.0222. The van der Waals surface area contributed by atoms with Gasteiger partial charge in [0.2, 0.25) is 0 Å². The predicted octanol–water partition coefficient (Wildman–Crippen LogP) is 19.6. The Bertz CT molecular complexity index is 1720. The molecule has 0 aromatic rings. The normalized spacial score (nSPS) is 14.2. The smallest absolute Gasteiger partial charge is 0.462 e. The van der Waals surface area contributed by atoms with Gasteiger partial charge in [0.15, 0.2) is 12.2 Å². The molecule has 0 fully saturated rings. The monoisotopic (exact) mass is 1300 g/mol. The fourth-order valence-corrected chi connectivity index (χ4v) is 12.0. The summed E-state index contributed by atoms with van der Waals surface area (Å²) >= 11 is 0. The highest BCUT2D eigenvalue weighted by atomic mass is 31.2. The van der Waals surface area contributed by atoms with Crippen molar-refractivity contribution in [2.75, 3.05) is 39.6 Å². The number of unbranched alkanes of at least 4 members (excludes halogenated alkanes) is 38. The lowest BCUT2D eigenvalue weighted by Crippen LogP contribution is -2.30. The molecule has 17 nitrogen and oxygen atoms in total. The maximum absolute atomic E-state index is 13.0. The first kappa shape index (κ1) is 86.1. The van der Waals surface area contributed by atoms with Gasteiger partial charge in [0.05, 0.1) is 26.4 Å². The number of carbonyl (C=O) groups is 4. The highest BCUT2D eigenvalue weighted by Crippen LogP contribution is 2.45. The van der Waals surface area contributed by atoms with Gasteiger partial charge in [-0.1, -0.05) is 298 Å². The lowest BCUT2D eigenvalue weighted by molar-refractivity contribution is -0.161. The van der Waals surface area contributed by atoms with Gasteiger partial charge < -0.3 is 33.8 Å². The zero-order valence-electron chi connectivity index (χ0n) is 57.0. The first-order valence-corrected chi connectivity index (χ1v) is 39.0. The number of carbonyl (C=O) groups excluding carboxylic acids is 4. The van der Waals surface area contributed by atoms with E-state index in [-0.39, 0.29) is 25.7 Å². The first-order valence-electron chi connectivity index (χ1n) is 36.0. The first-order chi connectivity index (χ1) is 42.4. The number of phosphoric ester groups is 2. The van der Waals surface area contributed by atoms with E-state index in [2.05, 4.69) is 41.5 Å². The molecule has 3 N–H and O–H groups in total. The number of aliphatic hydroxyl groups is 1. The molecule has 0 aromatic carbocycles. The van der Waals surface area contributed by atoms with Crippen LogP contribution in [0.5, 0.6) is 0 Å². The molecule has 5 atom stereocenters. The molecule has 0 bridgehead atoms. The van der Waals surface area contributed by atoms with Crippen LogP contribution < -0.4 is 0 Å². The lowest BCUT2D eigenvalue weighted by atomic mass is 10.0. The summed E-state index contributed by atoms with van der Waals surface area (Å²) in [5.41, 5.74) is 0. The van der Waals surface area contributed by atoms with Gasteiger partial charge in [0.1, 0.15) is 19.3 Å². The van der Waals surface area contributed by atoms with Crippen molar-refractivity contribution in [1.82, 2.24) is 0 Å². The van der Waals surface area contributed by atoms with E-state index in [1.807, 2.05) is 0 Å². The Morgan fingerprint density at radius 2 is 0.523 bits per heavy atom. The van der Waals surface area contributed by atoms with Crippen LogP contribution in [0.2, 0.25) is 0 Å². The van der Waals surface area contributed by atoms with E-state index >= 15 is 0 Å². The fraction of sp³-hybridized carbons (Fsp3) is 0.942. The third-order valence-electron chi connectivity index (χ3n) is 16.0. The molecule has 0 radical (unpaired) electrons. The van der Waals surface area contributed by atoms with Crippen molar-refractivity contribution in [1.29, 1.82) is 0 Å². The zero-order chi connectivity index (χ0) is 65.0. The van der Waals surface area contributed by atoms with Crippen LogP contribution in [-0.4, -0.2) is 96.7 Å². The van der Waals surface area contributed by atoms with Crippen molar-refractivity contribution in [3.8, 4) is 0 Å². The van der Waals surface area contributed by atoms with Crippen LogP contribution in [0.4, 0.5) is 0 Å². The number of hydrogen-bond acceptors (Lipinski definition) is 15. The van der Waals surface area contributed by atoms with Gasteiger partial charge in [-0.2, -0.15) is 0 Å². The van der Waals surface area contributed by atoms with Crippen LogP contribution in [0, 0.1) is 11.8 Å². The van der Waals surface area contributed by atoms with E-state index in [1.165, 1.54) is 154 Å². The van der Waals surface area contributed by atoms with Crippen molar-refractivity contribution < 1.29 is 80.2 Å². The summed E-state index contributed by atoms with van der Waals surface area (Å²) < 4.78 is 68.1. The molecule has 522 valence electrons. The molecule has 0 saturated carbocycles. The summed E-state index contributed by atoms with van der Waals surface area (Å²) in [6.07, 6.45) is 45.9. The average Bonchev–Trinajstić information content (AvgIpc) is 3.58. The largest absolute Gasteiger partial charge is 0.472 e. The minimum Gasteiger partial charge on any atom is -0.462 e. The molecule has 0 amide bonds. The SMILES string of the molecule is CCCCCCCCCCC(=O)OC[C@H](COP(=O)(O)OC[C@H](O)COP(=O)(O)OC[C@@H](COC(=O)CCCCCCCCCCCCCC(C)C)OC(=O)CCCCCCCCCCCCCCCCCC(C)C)OC(=O)CCCCCCCCCC. The second kappa shape index (κ2) is 61.3. The Balaban J connectivity index is 5.18. The summed E-state index contributed by atoms with van der Waals surface area (Å²) in [6.45, 7) is 9.52. The molecule has 0 spiro atoms. The molecule has 0 aliphatic carbocycles. The molecule has 0 aliphatic rings. The second-order valence-electron chi connectivity index (χ2n) is 25.9. The van der Waals surface area contributed by atoms with Crippen LogP contribution in [0.25, 0.3) is 0 Å². The average molecular weight is 1300 g/mol. The van der Waals surface area contributed by atoms with Gasteiger partial charge >= 0.3 is 39.5 Å². The number of rotatable bonds is 68. The topological polar surface area (TPSA) is 237 Å². The third-order valence-corrected chi connectivity index (χ3v) is 17.9. The Morgan fingerprint density at radius 3 is 0.773 bits per heavy atom. The van der Waals surface area contributed by atoms with E-state index in [4.69, 9.17) is 37.0 Å². The Kier molecular flexibility index (Phi) is 59.9. The number of hydrogen-bond donors (Lipinski definition) is 3. The van der Waals surface area contributed by atoms with Gasteiger partial charge in [-0.25, -0.2) is 9.13 Å². The third kappa shape index (κ3) is 62.8. The van der Waals surface area contributed by atoms with Crippen molar-refractivity contribution in [3.63, 3.8) is 0 Å². The number of ether oxygens (including phenoxy) is 4. The van der Waals surface area contributed by atoms with Crippen LogP contribution in [0.3, 0.4) is 0 Å². The zero-order valence-corrected chi connectivity index (χ0v) is 58.8. The highest BCUT2D eigenvalue weighted by molar-refractivity contribution is 7.47. The number of esters is 4. The number of phosphoric acid groups is 2. The molecule has 0 rings (SSSR count). The predicted molar refractivity (Wildman–Crippen MR) is 354 cm³/mol. The second-order valence-corrected chi connectivity index (χ2v) is 28.8. The summed E-state index contributed by atoms with van der Waals surface area (Å²) in [5, 5.41) is 10.6. The molecule has 88 heavy (non-hydrogen) atoms. The minimum absolute atomic E-state index is 0.105. The molecule has 0 heterocycles. The van der Waals surface area contributed by atoms with Crippen LogP contribution in [-0.2, 0) is 65.4 Å². The van der Waals surface area contributed by atoms with Crippen molar-refractivity contribution in [3.05, 3.63) is 0 Å². The van der Waals surface area contributed by atoms with E-state index in [9.17, 15) is 43.2 Å². The van der Waals surface area contributed by atoms with Gasteiger partial charge in [-0.3, -0.25) is 37.3 Å². The maximum Gasteiger partial charge on any atom is 0.472 e. The Morgan fingerprint density at radius 1 is 0.307 bits per heavy atom. The van der Waals surface area contributed by atoms with Crippen molar-refractivity contribution in [2.24, 2.45) is 11.8 Å². The molecular weight excluding hydrogens is 1160 g/mol. The van der Waals surface area contributed by atoms with E-state index in [1.54, 1.807) is 0 Å². The molecule has 0 aromatic heterocycles. The summed E-state index contributed by atoms with van der Waals surface area (Å²) in [6, 6.07) is 0. The number of aliphatic hydroxyl groups excluding tert-OH is 1. The van der Waals surface area contributed by atoms with Crippen molar-refractivity contribution >= 4 is 39.5 Å².